The van der Waals surface area contributed by atoms with Gasteiger partial charge in [-0.2, -0.15) is 30.6 Å². The summed E-state index contributed by atoms with van der Waals surface area (Å²) >= 11 is 0. The van der Waals surface area contributed by atoms with Gasteiger partial charge in [-0.25, -0.2) is 58.0 Å². The first kappa shape index (κ1) is 18.2. The van der Waals surface area contributed by atoms with E-state index in [2.05, 4.69) is 60.5 Å². The summed E-state index contributed by atoms with van der Waals surface area (Å²) < 4.78 is 9.63. The molecule has 0 spiro atoms. The van der Waals surface area contributed by atoms with Crippen LogP contribution in [0.2, 0.25) is 0 Å². The van der Waals surface area contributed by atoms with E-state index in [9.17, 15) is 0 Å². The third-order valence-electron chi connectivity index (χ3n) is 5.67. The first-order chi connectivity index (χ1) is 16.9. The van der Waals surface area contributed by atoms with Crippen LogP contribution in [0.25, 0.3) is 11.4 Å². The average molecular weight is 456 g/mol. The summed E-state index contributed by atoms with van der Waals surface area (Å²) in [6.07, 6.45) is 17.8. The van der Waals surface area contributed by atoms with Crippen LogP contribution in [-0.4, -0.2) is 88.6 Å². The summed E-state index contributed by atoms with van der Waals surface area (Å²) in [7, 11) is 0. The van der Waals surface area contributed by atoms with Crippen molar-refractivity contribution >= 4 is 11.4 Å². The Kier molecular flexibility index (Phi) is 3.50. The van der Waals surface area contributed by atoms with Crippen molar-refractivity contribution in [3.8, 4) is 0 Å². The van der Waals surface area contributed by atoms with Crippen LogP contribution in [0.1, 0.15) is 0 Å². The van der Waals surface area contributed by atoms with Gasteiger partial charge >= 0.3 is 0 Å². The Balaban J connectivity index is 1.75. The van der Waals surface area contributed by atoms with E-state index in [1.807, 2.05) is 0 Å². The van der Waals surface area contributed by atoms with Crippen molar-refractivity contribution in [3.63, 3.8) is 0 Å². The Morgan fingerprint density at radius 1 is 0.382 bits per heavy atom. The molecule has 6 heterocycles. The summed E-state index contributed by atoms with van der Waals surface area (Å²) in [6.45, 7) is 0. The minimum atomic E-state index is -1.38. The van der Waals surface area contributed by atoms with E-state index in [0.29, 0.717) is 11.4 Å². The number of allylic oxidation sites excluding steroid dienone is 2. The zero-order valence-electron chi connectivity index (χ0n) is 17.0. The first-order valence-corrected chi connectivity index (χ1v) is 9.74. The van der Waals surface area contributed by atoms with Crippen molar-refractivity contribution in [2.24, 2.45) is 0 Å². The van der Waals surface area contributed by atoms with Gasteiger partial charge in [-0.05, 0) is 0 Å². The predicted octanol–water partition coefficient (Wildman–Crippen LogP) is -2.12. The van der Waals surface area contributed by atoms with Gasteiger partial charge in [-0.1, -0.05) is 0 Å². The van der Waals surface area contributed by atoms with E-state index < -0.39 is 11.3 Å². The SMILES string of the molecule is c1ncn(C2=C(n3cncn3)C(n3cncn3)(n3cncn3)C2(n2cncn2)n2cncn2)n1. The molecular weight excluding hydrogens is 444 g/mol. The molecule has 0 saturated heterocycles. The van der Waals surface area contributed by atoms with Crippen molar-refractivity contribution in [1.82, 2.24) is 88.6 Å². The predicted molar refractivity (Wildman–Crippen MR) is 106 cm³/mol. The van der Waals surface area contributed by atoms with E-state index in [1.54, 1.807) is 66.1 Å². The maximum atomic E-state index is 4.51. The molecule has 0 aromatic carbocycles. The van der Waals surface area contributed by atoms with E-state index >= 15 is 0 Å². The fourth-order valence-electron chi connectivity index (χ4n) is 4.57. The van der Waals surface area contributed by atoms with Gasteiger partial charge in [0, 0.05) is 0 Å². The lowest BCUT2D eigenvalue weighted by Gasteiger charge is -2.57. The molecule has 7 rings (SSSR count). The van der Waals surface area contributed by atoms with Crippen LogP contribution in [0.3, 0.4) is 0 Å². The molecule has 0 amide bonds. The van der Waals surface area contributed by atoms with Crippen LogP contribution in [0.5, 0.6) is 0 Å². The van der Waals surface area contributed by atoms with Gasteiger partial charge < -0.3 is 0 Å². The summed E-state index contributed by atoms with van der Waals surface area (Å²) in [5.41, 5.74) is -1.65. The summed E-state index contributed by atoms with van der Waals surface area (Å²) in [5, 5.41) is 26.9. The maximum absolute atomic E-state index is 4.51. The van der Waals surface area contributed by atoms with Gasteiger partial charge in [0.05, 0.1) is 0 Å². The number of nitrogens with zero attached hydrogens (tertiary/aromatic N) is 18. The standard InChI is InChI=1S/C16H12N18/c1-17-7-29(23-1)13-14(30-8-18-2-24-30)16(33-11-21-5-27-33,34-12-22-6-28-34)15(13,31-9-19-3-25-31)32-10-20-4-26-32/h1-12H. The Hall–Kier alpha value is -5.42. The molecule has 6 aromatic rings. The molecule has 1 aliphatic carbocycles. The van der Waals surface area contributed by atoms with Gasteiger partial charge in [-0.3, -0.25) is 0 Å². The third-order valence-corrected chi connectivity index (χ3v) is 5.67. The molecule has 0 atom stereocenters. The van der Waals surface area contributed by atoms with Crippen LogP contribution in [-0.2, 0) is 11.3 Å². The molecule has 0 aliphatic heterocycles. The first-order valence-electron chi connectivity index (χ1n) is 9.74. The number of rotatable bonds is 6. The lowest BCUT2D eigenvalue weighted by Crippen LogP contribution is -2.74. The Labute approximate surface area is 187 Å². The zero-order chi connectivity index (χ0) is 22.6. The van der Waals surface area contributed by atoms with Crippen molar-refractivity contribution in [1.29, 1.82) is 0 Å². The van der Waals surface area contributed by atoms with Gasteiger partial charge in [0.1, 0.15) is 87.3 Å². The molecule has 0 N–H and O–H groups in total. The van der Waals surface area contributed by atoms with Crippen LogP contribution >= 0.6 is 0 Å². The van der Waals surface area contributed by atoms with Crippen LogP contribution in [0.15, 0.2) is 75.9 Å². The fourth-order valence-corrected chi connectivity index (χ4v) is 4.57. The highest BCUT2D eigenvalue weighted by molar-refractivity contribution is 5.91. The van der Waals surface area contributed by atoms with Gasteiger partial charge in [0.25, 0.3) is 11.3 Å². The molecule has 6 aromatic heterocycles. The monoisotopic (exact) mass is 456 g/mol. The van der Waals surface area contributed by atoms with Crippen LogP contribution < -0.4 is 0 Å². The molecule has 0 saturated carbocycles. The average Bonchev–Trinajstić information content (AvgIpc) is 3.69. The highest BCUT2D eigenvalue weighted by Crippen LogP contribution is 2.61. The molecule has 0 radical (unpaired) electrons. The summed E-state index contributed by atoms with van der Waals surface area (Å²) in [4.78, 5) is 25.1. The second-order valence-electron chi connectivity index (χ2n) is 7.08. The van der Waals surface area contributed by atoms with Crippen LogP contribution in [0.4, 0.5) is 0 Å². The lowest BCUT2D eigenvalue weighted by atomic mass is 9.73. The van der Waals surface area contributed by atoms with Crippen molar-refractivity contribution in [3.05, 3.63) is 75.9 Å². The molecule has 18 nitrogen and oxygen atoms in total. The highest BCUT2D eigenvalue weighted by atomic mass is 15.7. The molecule has 34 heavy (non-hydrogen) atoms. The number of hydrogen-bond donors (Lipinski definition) is 0. The molecule has 18 heteroatoms. The molecule has 0 bridgehead atoms. The van der Waals surface area contributed by atoms with E-state index in [4.69, 9.17) is 0 Å². The highest BCUT2D eigenvalue weighted by Gasteiger charge is 2.76. The van der Waals surface area contributed by atoms with Crippen molar-refractivity contribution in [2.75, 3.05) is 0 Å². The third kappa shape index (κ3) is 1.99. The summed E-state index contributed by atoms with van der Waals surface area (Å²) in [5.74, 6) is 0. The van der Waals surface area contributed by atoms with E-state index in [0.717, 1.165) is 0 Å². The van der Waals surface area contributed by atoms with Gasteiger partial charge in [0.2, 0.25) is 0 Å². The van der Waals surface area contributed by atoms with Gasteiger partial charge in [0.15, 0.2) is 0 Å². The Bertz CT molecular complexity index is 1330. The summed E-state index contributed by atoms with van der Waals surface area (Å²) in [6, 6.07) is 0. The largest absolute Gasteiger partial charge is 0.252 e. The van der Waals surface area contributed by atoms with E-state index in [-0.39, 0.29) is 0 Å². The minimum absolute atomic E-state index is 0.553. The quantitative estimate of drug-likeness (QED) is 0.266. The zero-order valence-corrected chi connectivity index (χ0v) is 17.0. The van der Waals surface area contributed by atoms with Crippen molar-refractivity contribution in [2.45, 2.75) is 11.3 Å². The lowest BCUT2D eigenvalue weighted by molar-refractivity contribution is 0.0205. The van der Waals surface area contributed by atoms with Gasteiger partial charge in [-0.15, -0.1) is 0 Å². The number of hydrogen-bond acceptors (Lipinski definition) is 12. The molecule has 0 unspecified atom stereocenters. The Morgan fingerprint density at radius 2 is 0.676 bits per heavy atom. The molecule has 1 aliphatic rings. The fraction of sp³-hybridized carbons (Fsp3) is 0.125. The molecular formula is C16H12N18. The minimum Gasteiger partial charge on any atom is -0.223 e. The normalized spacial score (nSPS) is 16.6. The molecule has 0 fully saturated rings. The van der Waals surface area contributed by atoms with E-state index in [1.165, 1.54) is 38.0 Å². The maximum Gasteiger partial charge on any atom is 0.252 e. The van der Waals surface area contributed by atoms with Crippen molar-refractivity contribution < 1.29 is 0 Å². The smallest absolute Gasteiger partial charge is 0.223 e. The topological polar surface area (TPSA) is 184 Å². The number of aromatic nitrogens is 18. The molecule has 166 valence electrons. The van der Waals surface area contributed by atoms with Crippen LogP contribution in [0, 0.1) is 0 Å². The second-order valence-corrected chi connectivity index (χ2v) is 7.08. The second kappa shape index (κ2) is 6.54. The Morgan fingerprint density at radius 3 is 0.912 bits per heavy atom.